The third-order valence-corrected chi connectivity index (χ3v) is 3.46. The summed E-state index contributed by atoms with van der Waals surface area (Å²) in [5.74, 6) is 0.807. The SMILES string of the molecule is COc1ccc(-c2cn(-c3ccccc3)nc2CC#N)cc1. The summed E-state index contributed by atoms with van der Waals surface area (Å²) < 4.78 is 7.00. The highest BCUT2D eigenvalue weighted by molar-refractivity contribution is 5.67. The molecule has 3 rings (SSSR count). The fraction of sp³-hybridized carbons (Fsp3) is 0.111. The van der Waals surface area contributed by atoms with Crippen molar-refractivity contribution in [2.45, 2.75) is 6.42 Å². The van der Waals surface area contributed by atoms with Gasteiger partial charge in [-0.15, -0.1) is 0 Å². The Kier molecular flexibility index (Phi) is 3.88. The van der Waals surface area contributed by atoms with Crippen LogP contribution in [0, 0.1) is 11.3 Å². The standard InChI is InChI=1S/C18H15N3O/c1-22-16-9-7-14(8-10-16)17-13-21(20-18(17)11-12-19)15-5-3-2-4-6-15/h2-10,13H,11H2,1H3. The van der Waals surface area contributed by atoms with E-state index in [0.717, 1.165) is 28.3 Å². The Morgan fingerprint density at radius 2 is 1.82 bits per heavy atom. The molecule has 0 N–H and O–H groups in total. The van der Waals surface area contributed by atoms with E-state index in [4.69, 9.17) is 10.00 Å². The minimum Gasteiger partial charge on any atom is -0.497 e. The van der Waals surface area contributed by atoms with E-state index in [2.05, 4.69) is 11.2 Å². The molecule has 22 heavy (non-hydrogen) atoms. The highest BCUT2D eigenvalue weighted by Crippen LogP contribution is 2.26. The van der Waals surface area contributed by atoms with E-state index < -0.39 is 0 Å². The summed E-state index contributed by atoms with van der Waals surface area (Å²) in [6, 6.07) is 19.8. The highest BCUT2D eigenvalue weighted by atomic mass is 16.5. The molecule has 0 saturated heterocycles. The molecule has 0 aliphatic heterocycles. The Morgan fingerprint density at radius 3 is 2.45 bits per heavy atom. The Morgan fingerprint density at radius 1 is 1.09 bits per heavy atom. The largest absolute Gasteiger partial charge is 0.497 e. The van der Waals surface area contributed by atoms with Gasteiger partial charge in [0.2, 0.25) is 0 Å². The van der Waals surface area contributed by atoms with Gasteiger partial charge in [-0.3, -0.25) is 0 Å². The molecule has 0 spiro atoms. The van der Waals surface area contributed by atoms with Gasteiger partial charge in [-0.1, -0.05) is 30.3 Å². The van der Waals surface area contributed by atoms with Crippen LogP contribution in [0.3, 0.4) is 0 Å². The van der Waals surface area contributed by atoms with Gasteiger partial charge in [-0.05, 0) is 29.8 Å². The van der Waals surface area contributed by atoms with Gasteiger partial charge in [0, 0.05) is 11.8 Å². The average Bonchev–Trinajstić information content (AvgIpc) is 3.00. The number of ether oxygens (including phenoxy) is 1. The van der Waals surface area contributed by atoms with E-state index in [1.807, 2.05) is 65.5 Å². The lowest BCUT2D eigenvalue weighted by Gasteiger charge is -2.02. The van der Waals surface area contributed by atoms with E-state index in [1.54, 1.807) is 7.11 Å². The summed E-state index contributed by atoms with van der Waals surface area (Å²) in [4.78, 5) is 0. The molecule has 0 aliphatic carbocycles. The molecule has 2 aromatic carbocycles. The molecular weight excluding hydrogens is 274 g/mol. The minimum absolute atomic E-state index is 0.279. The number of aromatic nitrogens is 2. The molecule has 4 nitrogen and oxygen atoms in total. The van der Waals surface area contributed by atoms with Gasteiger partial charge in [-0.25, -0.2) is 4.68 Å². The summed E-state index contributed by atoms with van der Waals surface area (Å²) in [6.07, 6.45) is 2.24. The van der Waals surface area contributed by atoms with E-state index in [0.29, 0.717) is 0 Å². The van der Waals surface area contributed by atoms with Crippen molar-refractivity contribution in [1.82, 2.24) is 9.78 Å². The molecule has 0 unspecified atom stereocenters. The van der Waals surface area contributed by atoms with Gasteiger partial charge in [0.1, 0.15) is 5.75 Å². The molecule has 0 amide bonds. The van der Waals surface area contributed by atoms with Crippen LogP contribution in [0.2, 0.25) is 0 Å². The number of benzene rings is 2. The lowest BCUT2D eigenvalue weighted by molar-refractivity contribution is 0.415. The molecule has 0 atom stereocenters. The second-order valence-electron chi connectivity index (χ2n) is 4.83. The molecule has 108 valence electrons. The normalized spacial score (nSPS) is 10.2. The topological polar surface area (TPSA) is 50.8 Å². The van der Waals surface area contributed by atoms with Crippen molar-refractivity contribution in [3.63, 3.8) is 0 Å². The number of methoxy groups -OCH3 is 1. The van der Waals surface area contributed by atoms with Crippen LogP contribution in [0.5, 0.6) is 5.75 Å². The zero-order chi connectivity index (χ0) is 15.4. The minimum atomic E-state index is 0.279. The Hall–Kier alpha value is -3.06. The number of rotatable bonds is 4. The van der Waals surface area contributed by atoms with E-state index in [-0.39, 0.29) is 6.42 Å². The fourth-order valence-electron chi connectivity index (χ4n) is 2.34. The first kappa shape index (κ1) is 13.9. The van der Waals surface area contributed by atoms with Crippen molar-refractivity contribution in [1.29, 1.82) is 5.26 Å². The molecule has 0 aliphatic rings. The lowest BCUT2D eigenvalue weighted by Crippen LogP contribution is -1.95. The highest BCUT2D eigenvalue weighted by Gasteiger charge is 2.12. The van der Waals surface area contributed by atoms with Gasteiger partial charge >= 0.3 is 0 Å². The quantitative estimate of drug-likeness (QED) is 0.737. The number of para-hydroxylation sites is 1. The Labute approximate surface area is 129 Å². The van der Waals surface area contributed by atoms with Crippen molar-refractivity contribution in [3.8, 4) is 28.6 Å². The molecule has 0 saturated carbocycles. The van der Waals surface area contributed by atoms with E-state index in [9.17, 15) is 0 Å². The van der Waals surface area contributed by atoms with Crippen LogP contribution in [0.4, 0.5) is 0 Å². The molecule has 0 fully saturated rings. The summed E-state index contributed by atoms with van der Waals surface area (Å²) in [6.45, 7) is 0. The maximum Gasteiger partial charge on any atom is 0.118 e. The summed E-state index contributed by atoms with van der Waals surface area (Å²) >= 11 is 0. The summed E-state index contributed by atoms with van der Waals surface area (Å²) in [5, 5.41) is 13.6. The molecule has 1 heterocycles. The zero-order valence-corrected chi connectivity index (χ0v) is 12.2. The van der Waals surface area contributed by atoms with Crippen LogP contribution in [0.15, 0.2) is 60.8 Å². The monoisotopic (exact) mass is 289 g/mol. The predicted octanol–water partition coefficient (Wildman–Crippen LogP) is 3.61. The first-order valence-electron chi connectivity index (χ1n) is 6.97. The fourth-order valence-corrected chi connectivity index (χ4v) is 2.34. The number of nitriles is 1. The van der Waals surface area contributed by atoms with Crippen LogP contribution in [0.1, 0.15) is 5.69 Å². The zero-order valence-electron chi connectivity index (χ0n) is 12.2. The average molecular weight is 289 g/mol. The van der Waals surface area contributed by atoms with Crippen LogP contribution in [0.25, 0.3) is 16.8 Å². The van der Waals surface area contributed by atoms with E-state index in [1.165, 1.54) is 0 Å². The van der Waals surface area contributed by atoms with Crippen molar-refractivity contribution in [3.05, 3.63) is 66.5 Å². The predicted molar refractivity (Wildman–Crippen MR) is 84.9 cm³/mol. The van der Waals surface area contributed by atoms with E-state index >= 15 is 0 Å². The van der Waals surface area contributed by atoms with Gasteiger partial charge in [-0.2, -0.15) is 10.4 Å². The first-order valence-corrected chi connectivity index (χ1v) is 6.97. The summed E-state index contributed by atoms with van der Waals surface area (Å²) in [5.41, 5.74) is 3.74. The maximum absolute atomic E-state index is 9.03. The van der Waals surface area contributed by atoms with Crippen LogP contribution in [-0.2, 0) is 6.42 Å². The number of nitrogens with zero attached hydrogens (tertiary/aromatic N) is 3. The van der Waals surface area contributed by atoms with Gasteiger partial charge in [0.05, 0.1) is 31.0 Å². The van der Waals surface area contributed by atoms with Crippen molar-refractivity contribution < 1.29 is 4.74 Å². The van der Waals surface area contributed by atoms with Gasteiger partial charge < -0.3 is 4.74 Å². The Balaban J connectivity index is 2.05. The smallest absolute Gasteiger partial charge is 0.118 e. The molecule has 1 aromatic heterocycles. The summed E-state index contributed by atoms with van der Waals surface area (Å²) in [7, 11) is 1.64. The van der Waals surface area contributed by atoms with Crippen molar-refractivity contribution in [2.24, 2.45) is 0 Å². The molecule has 0 bridgehead atoms. The third-order valence-electron chi connectivity index (χ3n) is 3.46. The lowest BCUT2D eigenvalue weighted by atomic mass is 10.1. The second kappa shape index (κ2) is 6.15. The first-order chi connectivity index (χ1) is 10.8. The number of hydrogen-bond donors (Lipinski definition) is 0. The third kappa shape index (κ3) is 2.70. The van der Waals surface area contributed by atoms with Gasteiger partial charge in [0.25, 0.3) is 0 Å². The van der Waals surface area contributed by atoms with Crippen molar-refractivity contribution >= 4 is 0 Å². The molecule has 0 radical (unpaired) electrons. The molecule has 3 aromatic rings. The van der Waals surface area contributed by atoms with Gasteiger partial charge in [0.15, 0.2) is 0 Å². The second-order valence-corrected chi connectivity index (χ2v) is 4.83. The molecular formula is C18H15N3O. The number of hydrogen-bond acceptors (Lipinski definition) is 3. The van der Waals surface area contributed by atoms with Crippen LogP contribution < -0.4 is 4.74 Å². The van der Waals surface area contributed by atoms with Crippen LogP contribution in [-0.4, -0.2) is 16.9 Å². The maximum atomic E-state index is 9.03. The molecule has 4 heteroatoms. The van der Waals surface area contributed by atoms with Crippen LogP contribution >= 0.6 is 0 Å². The van der Waals surface area contributed by atoms with Crippen molar-refractivity contribution in [2.75, 3.05) is 7.11 Å². The Bertz CT molecular complexity index is 799.